The molecule has 288 valence electrons. The average Bonchev–Trinajstić information content (AvgIpc) is 3.78. The summed E-state index contributed by atoms with van der Waals surface area (Å²) in [6.45, 7) is 5.08. The Bertz CT molecular complexity index is 2230. The van der Waals surface area contributed by atoms with Crippen molar-refractivity contribution in [1.82, 2.24) is 44.7 Å². The van der Waals surface area contributed by atoms with Crippen molar-refractivity contribution in [1.29, 1.82) is 0 Å². The van der Waals surface area contributed by atoms with Crippen molar-refractivity contribution in [2.75, 3.05) is 31.9 Å². The number of ether oxygens (including phenoxy) is 1. The summed E-state index contributed by atoms with van der Waals surface area (Å²) in [5.41, 5.74) is 11.3. The Kier molecular flexibility index (Phi) is 9.25. The van der Waals surface area contributed by atoms with Gasteiger partial charge in [0.15, 0.2) is 5.65 Å². The van der Waals surface area contributed by atoms with Gasteiger partial charge in [-0.3, -0.25) is 24.7 Å². The molecule has 13 nitrogen and oxygen atoms in total. The molecule has 4 atom stereocenters. The highest BCUT2D eigenvalue weighted by Gasteiger charge is 2.54. The second kappa shape index (κ2) is 14.7. The number of nitrogens with two attached hydrogens (primary N) is 1. The maximum atomic E-state index is 13.6. The highest BCUT2D eigenvalue weighted by molar-refractivity contribution is 6.00. The average molecular weight is 753 g/mol. The molecule has 4 fully saturated rings. The first-order valence-corrected chi connectivity index (χ1v) is 20.2. The van der Waals surface area contributed by atoms with Crippen molar-refractivity contribution in [2.45, 2.75) is 88.5 Å². The molecule has 0 radical (unpaired) electrons. The molecule has 5 aliphatic heterocycles. The Morgan fingerprint density at radius 3 is 2.30 bits per heavy atom. The molecule has 0 spiro atoms. The van der Waals surface area contributed by atoms with Crippen LogP contribution in [0.4, 0.5) is 5.82 Å². The lowest BCUT2D eigenvalue weighted by atomic mass is 9.94. The van der Waals surface area contributed by atoms with Gasteiger partial charge >= 0.3 is 0 Å². The summed E-state index contributed by atoms with van der Waals surface area (Å²) >= 11 is 0. The van der Waals surface area contributed by atoms with Crippen molar-refractivity contribution in [3.05, 3.63) is 96.3 Å². The number of hydrogen-bond donors (Lipinski definition) is 2. The van der Waals surface area contributed by atoms with Crippen molar-refractivity contribution >= 4 is 28.7 Å². The van der Waals surface area contributed by atoms with E-state index in [2.05, 4.69) is 54.2 Å². The predicted molar refractivity (Wildman–Crippen MR) is 212 cm³/mol. The second-order valence-electron chi connectivity index (χ2n) is 15.9. The number of piperidine rings is 3. The number of nitrogens with one attached hydrogen (secondary N) is 1. The lowest BCUT2D eigenvalue weighted by molar-refractivity contribution is -0.189. The van der Waals surface area contributed by atoms with Crippen LogP contribution in [0.15, 0.2) is 85.2 Å². The number of rotatable bonds is 8. The van der Waals surface area contributed by atoms with Gasteiger partial charge in [0.1, 0.15) is 35.5 Å². The molecule has 5 aliphatic rings. The Labute approximate surface area is 326 Å². The van der Waals surface area contributed by atoms with Crippen LogP contribution < -0.4 is 15.8 Å². The topological polar surface area (TPSA) is 138 Å². The molecule has 7 heterocycles. The first kappa shape index (κ1) is 35.2. The highest BCUT2D eigenvalue weighted by atomic mass is 16.5. The van der Waals surface area contributed by atoms with Crippen LogP contribution in [0.25, 0.3) is 22.3 Å². The van der Waals surface area contributed by atoms with Gasteiger partial charge in [-0.25, -0.2) is 19.5 Å². The molecule has 2 aromatic heterocycles. The molecule has 3 aromatic carbocycles. The third-order valence-corrected chi connectivity index (χ3v) is 12.7. The Morgan fingerprint density at radius 1 is 0.768 bits per heavy atom. The molecule has 10 rings (SSSR count). The summed E-state index contributed by atoms with van der Waals surface area (Å²) in [6.07, 6.45) is 9.12. The minimum Gasteiger partial charge on any atom is -0.457 e. The molecule has 4 saturated heterocycles. The van der Waals surface area contributed by atoms with Crippen LogP contribution in [-0.4, -0.2) is 95.6 Å². The number of anilines is 1. The van der Waals surface area contributed by atoms with E-state index in [1.807, 2.05) is 59.3 Å². The predicted octanol–water partition coefficient (Wildman–Crippen LogP) is 5.67. The summed E-state index contributed by atoms with van der Waals surface area (Å²) in [5.74, 6) is 1.44. The van der Waals surface area contributed by atoms with Crippen molar-refractivity contribution in [3.63, 3.8) is 0 Å². The van der Waals surface area contributed by atoms with E-state index in [1.165, 1.54) is 49.8 Å². The zero-order valence-corrected chi connectivity index (χ0v) is 31.5. The number of nitrogen functional groups attached to an aromatic ring is 1. The van der Waals surface area contributed by atoms with E-state index >= 15 is 0 Å². The number of hydrogen-bond acceptors (Lipinski definition) is 11. The Morgan fingerprint density at radius 2 is 1.52 bits per heavy atom. The van der Waals surface area contributed by atoms with E-state index in [0.717, 1.165) is 49.4 Å². The number of amides is 2. The van der Waals surface area contributed by atoms with Gasteiger partial charge in [0.25, 0.3) is 0 Å². The molecule has 13 heteroatoms. The SMILES string of the molecule is Nc1ncnc2c1c(-c1ccc(Oc3ccccc3)cc1)nn2C1CC(N2CCC(N3CCCCC3)CC2)N1C1c2ccccc2CN1C1CCC(=O)NC1=O. The van der Waals surface area contributed by atoms with Gasteiger partial charge in [-0.05, 0) is 92.7 Å². The smallest absolute Gasteiger partial charge is 0.243 e. The van der Waals surface area contributed by atoms with Gasteiger partial charge in [0.05, 0.1) is 23.8 Å². The summed E-state index contributed by atoms with van der Waals surface area (Å²) in [6, 6.07) is 26.3. The van der Waals surface area contributed by atoms with Gasteiger partial charge in [-0.1, -0.05) is 48.9 Å². The van der Waals surface area contributed by atoms with Gasteiger partial charge < -0.3 is 15.4 Å². The maximum absolute atomic E-state index is 13.6. The fourth-order valence-corrected chi connectivity index (χ4v) is 9.93. The van der Waals surface area contributed by atoms with Gasteiger partial charge in [0, 0.05) is 44.1 Å². The lowest BCUT2D eigenvalue weighted by Crippen LogP contribution is -2.66. The van der Waals surface area contributed by atoms with E-state index < -0.39 is 6.04 Å². The minimum absolute atomic E-state index is 0.116. The Balaban J connectivity index is 1.02. The molecule has 3 N–H and O–H groups in total. The molecule has 0 aliphatic carbocycles. The molecule has 2 amide bonds. The summed E-state index contributed by atoms with van der Waals surface area (Å²) in [7, 11) is 0. The van der Waals surface area contributed by atoms with Gasteiger partial charge in [0.2, 0.25) is 11.8 Å². The lowest BCUT2D eigenvalue weighted by Gasteiger charge is -2.58. The fourth-order valence-electron chi connectivity index (χ4n) is 9.93. The normalized spacial score (nSPS) is 25.6. The number of carbonyl (C=O) groups is 2. The first-order chi connectivity index (χ1) is 27.5. The van der Waals surface area contributed by atoms with E-state index in [1.54, 1.807) is 0 Å². The number of nitrogens with zero attached hydrogens (tertiary/aromatic N) is 8. The quantitative estimate of drug-likeness (QED) is 0.190. The zero-order chi connectivity index (χ0) is 37.8. The standard InChI is InChI=1S/C43H48N10O3/c44-40-38-39(28-13-15-32(16-14-28)56-31-10-3-1-4-11-31)48-53(41(38)46-27-45-40)37-25-36(50-23-19-30(20-24-50)49-21-7-2-8-22-49)52(37)43-33-12-6-5-9-29(33)26-51(43)34-17-18-35(54)47-42(34)55/h1,3-6,9-16,27,30,34,36-37,43H,2,7-8,17-26H2,(H2,44,45,46)(H,47,54,55). The first-order valence-electron chi connectivity index (χ1n) is 20.2. The molecule has 5 aromatic rings. The Hall–Kier alpha value is -5.21. The van der Waals surface area contributed by atoms with Crippen molar-refractivity contribution in [3.8, 4) is 22.8 Å². The van der Waals surface area contributed by atoms with Gasteiger partial charge in [-0.15, -0.1) is 0 Å². The number of para-hydroxylation sites is 1. The third-order valence-electron chi connectivity index (χ3n) is 12.7. The van der Waals surface area contributed by atoms with Crippen molar-refractivity contribution in [2.24, 2.45) is 0 Å². The number of aromatic nitrogens is 4. The van der Waals surface area contributed by atoms with Crippen LogP contribution in [0.1, 0.15) is 74.8 Å². The summed E-state index contributed by atoms with van der Waals surface area (Å²) in [5, 5.41) is 8.69. The molecule has 4 unspecified atom stereocenters. The highest BCUT2D eigenvalue weighted by Crippen LogP contribution is 2.51. The number of imide groups is 1. The van der Waals surface area contributed by atoms with Crippen LogP contribution in [0.2, 0.25) is 0 Å². The van der Waals surface area contributed by atoms with Crippen LogP contribution >= 0.6 is 0 Å². The van der Waals surface area contributed by atoms with E-state index in [9.17, 15) is 9.59 Å². The maximum Gasteiger partial charge on any atom is 0.243 e. The van der Waals surface area contributed by atoms with Crippen LogP contribution in [0.5, 0.6) is 11.5 Å². The van der Waals surface area contributed by atoms with Crippen LogP contribution in [0.3, 0.4) is 0 Å². The molecule has 0 bridgehead atoms. The summed E-state index contributed by atoms with van der Waals surface area (Å²) in [4.78, 5) is 45.4. The number of benzene rings is 3. The number of likely N-dealkylation sites (tertiary alicyclic amines) is 3. The van der Waals surface area contributed by atoms with Crippen LogP contribution in [0, 0.1) is 0 Å². The van der Waals surface area contributed by atoms with E-state index in [-0.39, 0.29) is 30.3 Å². The molecule has 56 heavy (non-hydrogen) atoms. The minimum atomic E-state index is -0.434. The van der Waals surface area contributed by atoms with Crippen molar-refractivity contribution < 1.29 is 14.3 Å². The zero-order valence-electron chi connectivity index (χ0n) is 31.5. The largest absolute Gasteiger partial charge is 0.457 e. The molecule has 0 saturated carbocycles. The number of fused-ring (bicyclic) bond motifs is 2. The fraction of sp³-hybridized carbons (Fsp3) is 0.419. The molecular weight excluding hydrogens is 705 g/mol. The molecular formula is C43H48N10O3. The van der Waals surface area contributed by atoms with Crippen LogP contribution in [-0.2, 0) is 16.1 Å². The van der Waals surface area contributed by atoms with E-state index in [4.69, 9.17) is 20.6 Å². The second-order valence-corrected chi connectivity index (χ2v) is 15.9. The van der Waals surface area contributed by atoms with Gasteiger partial charge in [-0.2, -0.15) is 5.10 Å². The van der Waals surface area contributed by atoms with E-state index in [0.29, 0.717) is 48.0 Å². The monoisotopic (exact) mass is 752 g/mol. The number of carbonyl (C=O) groups excluding carboxylic acids is 2. The third kappa shape index (κ3) is 6.32. The summed E-state index contributed by atoms with van der Waals surface area (Å²) < 4.78 is 8.13.